The first-order chi connectivity index (χ1) is 8.61. The Morgan fingerprint density at radius 2 is 2.06 bits per heavy atom. The summed E-state index contributed by atoms with van der Waals surface area (Å²) in [7, 11) is 0.420. The van der Waals surface area contributed by atoms with Crippen LogP contribution in [0.4, 0.5) is 0 Å². The highest BCUT2D eigenvalue weighted by atomic mass is 35.5. The van der Waals surface area contributed by atoms with Crippen molar-refractivity contribution < 1.29 is 4.21 Å². The van der Waals surface area contributed by atoms with Gasteiger partial charge < -0.3 is 0 Å². The topological polar surface area (TPSA) is 17.1 Å². The van der Waals surface area contributed by atoms with Crippen molar-refractivity contribution in [1.82, 2.24) is 0 Å². The van der Waals surface area contributed by atoms with Gasteiger partial charge in [0.25, 0.3) is 0 Å². The van der Waals surface area contributed by atoms with Crippen molar-refractivity contribution in [2.24, 2.45) is 0 Å². The van der Waals surface area contributed by atoms with E-state index in [2.05, 4.69) is 12.7 Å². The van der Waals surface area contributed by atoms with Crippen molar-refractivity contribution in [3.05, 3.63) is 28.4 Å². The summed E-state index contributed by atoms with van der Waals surface area (Å²) in [5.74, 6) is 1.31. The van der Waals surface area contributed by atoms with Crippen LogP contribution in [0.5, 0.6) is 0 Å². The zero-order valence-electron chi connectivity index (χ0n) is 11.5. The number of hydrogen-bond donors (Lipinski definition) is 0. The Kier molecular flexibility index (Phi) is 12.1. The molecule has 0 aliphatic heterocycles. The van der Waals surface area contributed by atoms with E-state index in [1.54, 1.807) is 5.41 Å². The van der Waals surface area contributed by atoms with Gasteiger partial charge in [0.1, 0.15) is 9.83 Å². The van der Waals surface area contributed by atoms with Gasteiger partial charge in [-0.3, -0.25) is 0 Å². The van der Waals surface area contributed by atoms with Crippen molar-refractivity contribution in [3.8, 4) is 0 Å². The van der Waals surface area contributed by atoms with Crippen LogP contribution in [0.3, 0.4) is 0 Å². The molecule has 0 rings (SSSR count). The summed E-state index contributed by atoms with van der Waals surface area (Å²) in [6.45, 7) is 6.23. The summed E-state index contributed by atoms with van der Waals surface area (Å²) < 4.78 is 11.6. The Labute approximate surface area is 123 Å². The first kappa shape index (κ1) is 18.0. The van der Waals surface area contributed by atoms with Gasteiger partial charge in [0, 0.05) is 11.6 Å². The predicted octanol–water partition coefficient (Wildman–Crippen LogP) is 5.21. The molecule has 0 saturated carbocycles. The standard InChI is InChI=1S/C14H23ClOS2/c1-4-5-6-7-8-9-10-18(16)17-12-14(3)13(2)11-15/h8,10H,4-7,11-12H2,1-3H3/b14-13+. The number of unbranched alkanes of at least 4 members (excludes halogenated alkanes) is 3. The fraction of sp³-hybridized carbons (Fsp3) is 0.643. The fourth-order valence-corrected chi connectivity index (χ4v) is 3.39. The number of rotatable bonds is 9. The molecule has 4 heteroatoms. The minimum atomic E-state index is -0.994. The third-order valence-corrected chi connectivity index (χ3v) is 5.41. The lowest BCUT2D eigenvalue weighted by Crippen LogP contribution is -1.90. The van der Waals surface area contributed by atoms with Crippen molar-refractivity contribution in [3.63, 3.8) is 0 Å². The second-order valence-corrected chi connectivity index (χ2v) is 7.44. The molecule has 1 unspecified atom stereocenters. The largest absolute Gasteiger partial charge is 0.243 e. The van der Waals surface area contributed by atoms with Crippen LogP contribution in [-0.2, 0) is 9.83 Å². The number of hydrogen-bond acceptors (Lipinski definition) is 2. The molecule has 0 aromatic heterocycles. The molecule has 0 radical (unpaired) electrons. The van der Waals surface area contributed by atoms with Crippen LogP contribution in [0.1, 0.15) is 46.5 Å². The summed E-state index contributed by atoms with van der Waals surface area (Å²) in [6, 6.07) is 0. The van der Waals surface area contributed by atoms with Gasteiger partial charge in [-0.2, -0.15) is 0 Å². The lowest BCUT2D eigenvalue weighted by molar-refractivity contribution is 0.696. The molecular formula is C14H23ClOS2. The van der Waals surface area contributed by atoms with E-state index in [4.69, 9.17) is 11.6 Å². The summed E-state index contributed by atoms with van der Waals surface area (Å²) in [6.07, 6.45) is 6.66. The van der Waals surface area contributed by atoms with Crippen molar-refractivity contribution >= 4 is 32.2 Å². The highest BCUT2D eigenvalue weighted by molar-refractivity contribution is 8.70. The molecule has 104 valence electrons. The van der Waals surface area contributed by atoms with E-state index in [9.17, 15) is 4.21 Å². The van der Waals surface area contributed by atoms with Crippen LogP contribution >= 0.6 is 22.4 Å². The highest BCUT2D eigenvalue weighted by Crippen LogP contribution is 2.16. The molecule has 18 heavy (non-hydrogen) atoms. The number of allylic oxidation sites excluding steroid dienone is 2. The van der Waals surface area contributed by atoms with Crippen molar-refractivity contribution in [1.29, 1.82) is 0 Å². The second-order valence-electron chi connectivity index (χ2n) is 4.20. The van der Waals surface area contributed by atoms with E-state index in [1.807, 2.05) is 19.9 Å². The van der Waals surface area contributed by atoms with Gasteiger partial charge in [0.05, 0.1) is 5.41 Å². The van der Waals surface area contributed by atoms with Gasteiger partial charge in [-0.1, -0.05) is 41.7 Å². The first-order valence-corrected chi connectivity index (χ1v) is 9.52. The molecule has 0 aromatic rings. The Bertz CT molecular complexity index is 342. The average Bonchev–Trinajstić information content (AvgIpc) is 2.38. The highest BCUT2D eigenvalue weighted by Gasteiger charge is 1.99. The molecule has 0 aliphatic carbocycles. The maximum atomic E-state index is 11.6. The van der Waals surface area contributed by atoms with E-state index in [0.29, 0.717) is 5.88 Å². The predicted molar refractivity (Wildman–Crippen MR) is 86.5 cm³/mol. The van der Waals surface area contributed by atoms with Gasteiger partial charge in [0.15, 0.2) is 0 Å². The van der Waals surface area contributed by atoms with Crippen LogP contribution in [0.2, 0.25) is 0 Å². The lowest BCUT2D eigenvalue weighted by Gasteiger charge is -2.02. The smallest absolute Gasteiger partial charge is 0.113 e. The third-order valence-electron chi connectivity index (χ3n) is 2.55. The SMILES string of the molecule is CCCCCC=C=CS(=O)SC/C(C)=C(\C)CCl. The van der Waals surface area contributed by atoms with Crippen LogP contribution in [0.15, 0.2) is 28.4 Å². The van der Waals surface area contributed by atoms with Crippen LogP contribution in [0.25, 0.3) is 0 Å². The molecule has 0 bridgehead atoms. The summed E-state index contributed by atoms with van der Waals surface area (Å²) >= 11 is 5.74. The average molecular weight is 307 g/mol. The molecule has 0 heterocycles. The minimum Gasteiger partial charge on any atom is -0.243 e. The molecule has 0 fully saturated rings. The minimum absolute atomic E-state index is 0.548. The van der Waals surface area contributed by atoms with Gasteiger partial charge in [-0.15, -0.1) is 17.3 Å². The molecule has 0 aliphatic rings. The number of alkyl halides is 1. The molecule has 0 saturated heterocycles. The van der Waals surface area contributed by atoms with Gasteiger partial charge in [-0.25, -0.2) is 4.21 Å². The molecule has 0 aromatic carbocycles. The first-order valence-electron chi connectivity index (χ1n) is 6.27. The molecule has 0 spiro atoms. The quantitative estimate of drug-likeness (QED) is 0.191. The van der Waals surface area contributed by atoms with Gasteiger partial charge >= 0.3 is 0 Å². The maximum absolute atomic E-state index is 11.6. The van der Waals surface area contributed by atoms with Gasteiger partial charge in [-0.05, 0) is 32.8 Å². The summed E-state index contributed by atoms with van der Waals surface area (Å²) in [5.41, 5.74) is 5.38. The summed E-state index contributed by atoms with van der Waals surface area (Å²) in [5, 5.41) is 1.64. The second kappa shape index (κ2) is 12.1. The number of halogens is 1. The van der Waals surface area contributed by atoms with E-state index in [0.717, 1.165) is 12.2 Å². The monoisotopic (exact) mass is 306 g/mol. The van der Waals surface area contributed by atoms with Crippen molar-refractivity contribution in [2.45, 2.75) is 46.5 Å². The Hall–Kier alpha value is 0.0500. The van der Waals surface area contributed by atoms with Crippen LogP contribution in [-0.4, -0.2) is 15.8 Å². The normalized spacial score (nSPS) is 13.6. The van der Waals surface area contributed by atoms with E-state index in [-0.39, 0.29) is 0 Å². The van der Waals surface area contributed by atoms with Gasteiger partial charge in [0.2, 0.25) is 0 Å². The lowest BCUT2D eigenvalue weighted by atomic mass is 10.2. The Morgan fingerprint density at radius 3 is 2.67 bits per heavy atom. The Morgan fingerprint density at radius 1 is 1.33 bits per heavy atom. The molecule has 1 nitrogen and oxygen atoms in total. The zero-order valence-corrected chi connectivity index (χ0v) is 13.9. The van der Waals surface area contributed by atoms with Crippen LogP contribution in [0, 0.1) is 0 Å². The Balaban J connectivity index is 3.94. The molecule has 0 N–H and O–H groups in total. The van der Waals surface area contributed by atoms with E-state index >= 15 is 0 Å². The third kappa shape index (κ3) is 10.0. The fourth-order valence-electron chi connectivity index (χ4n) is 1.10. The maximum Gasteiger partial charge on any atom is 0.113 e. The zero-order chi connectivity index (χ0) is 13.8. The molecular weight excluding hydrogens is 284 g/mol. The van der Waals surface area contributed by atoms with E-state index < -0.39 is 9.83 Å². The molecule has 0 amide bonds. The van der Waals surface area contributed by atoms with Crippen LogP contribution < -0.4 is 0 Å². The summed E-state index contributed by atoms with van der Waals surface area (Å²) in [4.78, 5) is 0. The molecule has 1 atom stereocenters. The van der Waals surface area contributed by atoms with Crippen molar-refractivity contribution in [2.75, 3.05) is 11.6 Å². The van der Waals surface area contributed by atoms with E-state index in [1.165, 1.54) is 41.2 Å².